The molecule has 2 heterocycles. The number of carbonyl (C=O) groups excluding carboxylic acids is 1. The summed E-state index contributed by atoms with van der Waals surface area (Å²) in [6.45, 7) is 0.690. The molecule has 6 rings (SSSR count). The second-order valence-electron chi connectivity index (χ2n) is 9.06. The highest BCUT2D eigenvalue weighted by atomic mass is 32.2. The Morgan fingerprint density at radius 3 is 2.50 bits per heavy atom. The first-order valence-corrected chi connectivity index (χ1v) is 12.8. The first kappa shape index (κ1) is 20.0. The van der Waals surface area contributed by atoms with Crippen molar-refractivity contribution in [2.75, 3.05) is 11.9 Å². The highest BCUT2D eigenvalue weighted by Gasteiger charge is 2.34. The summed E-state index contributed by atoms with van der Waals surface area (Å²) in [5, 5.41) is 7.01. The summed E-state index contributed by atoms with van der Waals surface area (Å²) in [5.41, 5.74) is 5.63. The topological polar surface area (TPSA) is 112 Å². The van der Waals surface area contributed by atoms with E-state index in [0.29, 0.717) is 6.54 Å². The summed E-state index contributed by atoms with van der Waals surface area (Å²) >= 11 is 0. The minimum Gasteiger partial charge on any atom is -0.474 e. The molecule has 0 radical (unpaired) electrons. The molecule has 2 amide bonds. The summed E-state index contributed by atoms with van der Waals surface area (Å²) in [6, 6.07) is 1.51. The van der Waals surface area contributed by atoms with Gasteiger partial charge in [0, 0.05) is 5.69 Å². The SMILES string of the molecule is O=C(Nc1c2c(cc3c1CCC3)CCC2)NS(=O)(=O)c1cnn2c1OCC(OC1CC1)C2. The standard InChI is InChI=1S/C22H26N4O5S/c27-22(24-20-17-5-1-3-13(17)9-14-4-2-6-18(14)20)25-32(28,29)19-10-23-26-11-16(12-30-21(19)26)31-15-7-8-15/h9-10,15-16H,1-8,11-12H2,(H2,24,25,27). The van der Waals surface area contributed by atoms with Gasteiger partial charge in [0.25, 0.3) is 10.0 Å². The van der Waals surface area contributed by atoms with Gasteiger partial charge in [-0.25, -0.2) is 22.6 Å². The van der Waals surface area contributed by atoms with Gasteiger partial charge in [-0.1, -0.05) is 6.07 Å². The van der Waals surface area contributed by atoms with Crippen LogP contribution in [0.3, 0.4) is 0 Å². The van der Waals surface area contributed by atoms with Gasteiger partial charge < -0.3 is 14.8 Å². The third kappa shape index (κ3) is 3.55. The van der Waals surface area contributed by atoms with Crippen molar-refractivity contribution in [2.24, 2.45) is 0 Å². The molecule has 2 aromatic rings. The van der Waals surface area contributed by atoms with E-state index in [0.717, 1.165) is 68.2 Å². The second-order valence-corrected chi connectivity index (χ2v) is 10.7. The van der Waals surface area contributed by atoms with Gasteiger partial charge in [0.05, 0.1) is 18.8 Å². The number of aryl methyl sites for hydroxylation is 2. The van der Waals surface area contributed by atoms with E-state index in [9.17, 15) is 13.2 Å². The van der Waals surface area contributed by atoms with Crippen molar-refractivity contribution in [3.8, 4) is 5.88 Å². The van der Waals surface area contributed by atoms with Gasteiger partial charge in [0.1, 0.15) is 12.7 Å². The van der Waals surface area contributed by atoms with Crippen molar-refractivity contribution >= 4 is 21.7 Å². The zero-order valence-corrected chi connectivity index (χ0v) is 18.5. The van der Waals surface area contributed by atoms with Crippen LogP contribution in [0.15, 0.2) is 17.2 Å². The number of urea groups is 1. The highest BCUT2D eigenvalue weighted by molar-refractivity contribution is 7.90. The van der Waals surface area contributed by atoms with Crippen LogP contribution in [-0.4, -0.2) is 43.0 Å². The van der Waals surface area contributed by atoms with Crippen LogP contribution >= 0.6 is 0 Å². The second kappa shape index (κ2) is 7.48. The lowest BCUT2D eigenvalue weighted by Gasteiger charge is -2.24. The van der Waals surface area contributed by atoms with E-state index in [2.05, 4.69) is 21.2 Å². The zero-order valence-electron chi connectivity index (χ0n) is 17.7. The van der Waals surface area contributed by atoms with Crippen molar-refractivity contribution in [3.05, 3.63) is 34.5 Å². The number of sulfonamides is 1. The van der Waals surface area contributed by atoms with Crippen molar-refractivity contribution in [1.29, 1.82) is 0 Å². The minimum atomic E-state index is -4.15. The summed E-state index contributed by atoms with van der Waals surface area (Å²) in [7, 11) is -4.15. The van der Waals surface area contributed by atoms with Crippen molar-refractivity contribution in [2.45, 2.75) is 75.0 Å². The largest absolute Gasteiger partial charge is 0.474 e. The molecule has 9 nitrogen and oxygen atoms in total. The monoisotopic (exact) mass is 458 g/mol. The maximum absolute atomic E-state index is 13.0. The van der Waals surface area contributed by atoms with Crippen molar-refractivity contribution < 1.29 is 22.7 Å². The van der Waals surface area contributed by atoms with Crippen LogP contribution in [0.25, 0.3) is 0 Å². The fraction of sp³-hybridized carbons (Fsp3) is 0.545. The van der Waals surface area contributed by atoms with Gasteiger partial charge in [-0.2, -0.15) is 5.10 Å². The molecule has 4 aliphatic rings. The predicted molar refractivity (Wildman–Crippen MR) is 115 cm³/mol. The van der Waals surface area contributed by atoms with Crippen LogP contribution in [0.1, 0.15) is 47.9 Å². The van der Waals surface area contributed by atoms with Crippen molar-refractivity contribution in [3.63, 3.8) is 0 Å². The Morgan fingerprint density at radius 1 is 1.09 bits per heavy atom. The lowest BCUT2D eigenvalue weighted by molar-refractivity contribution is -0.0229. The minimum absolute atomic E-state index is 0.138. The number of aromatic nitrogens is 2. The molecule has 1 saturated carbocycles. The molecule has 1 atom stereocenters. The highest BCUT2D eigenvalue weighted by Crippen LogP contribution is 2.38. The van der Waals surface area contributed by atoms with Gasteiger partial charge in [-0.05, 0) is 73.6 Å². The molecule has 3 aliphatic carbocycles. The number of hydrogen-bond donors (Lipinski definition) is 2. The number of carbonyl (C=O) groups is 1. The summed E-state index contributed by atoms with van der Waals surface area (Å²) < 4.78 is 41.1. The van der Waals surface area contributed by atoms with Crippen LogP contribution in [0.4, 0.5) is 10.5 Å². The maximum Gasteiger partial charge on any atom is 0.333 e. The molecule has 1 fully saturated rings. The average Bonchev–Trinajstić information content (AvgIpc) is 3.15. The first-order valence-electron chi connectivity index (χ1n) is 11.3. The van der Waals surface area contributed by atoms with E-state index in [1.807, 2.05) is 0 Å². The zero-order chi connectivity index (χ0) is 21.9. The lowest BCUT2D eigenvalue weighted by atomic mass is 9.99. The summed E-state index contributed by atoms with van der Waals surface area (Å²) in [5.74, 6) is 0.141. The molecule has 0 spiro atoms. The molecule has 170 valence electrons. The molecule has 2 N–H and O–H groups in total. The molecule has 0 saturated heterocycles. The Morgan fingerprint density at radius 2 is 1.81 bits per heavy atom. The van der Waals surface area contributed by atoms with E-state index in [4.69, 9.17) is 9.47 Å². The fourth-order valence-corrected chi connectivity index (χ4v) is 6.06. The predicted octanol–water partition coefficient (Wildman–Crippen LogP) is 2.31. The van der Waals surface area contributed by atoms with E-state index >= 15 is 0 Å². The van der Waals surface area contributed by atoms with Crippen molar-refractivity contribution in [1.82, 2.24) is 14.5 Å². The van der Waals surface area contributed by atoms with Crippen LogP contribution in [0, 0.1) is 0 Å². The maximum atomic E-state index is 13.0. The van der Waals surface area contributed by atoms with Gasteiger partial charge in [-0.3, -0.25) is 0 Å². The number of rotatable bonds is 5. The Labute approximate surface area is 186 Å². The lowest BCUT2D eigenvalue weighted by Crippen LogP contribution is -2.36. The number of hydrogen-bond acceptors (Lipinski definition) is 6. The Bertz CT molecular complexity index is 1170. The van der Waals surface area contributed by atoms with E-state index in [1.165, 1.54) is 22.0 Å². The molecule has 0 bridgehead atoms. The smallest absolute Gasteiger partial charge is 0.333 e. The number of nitrogens with one attached hydrogen (secondary N) is 2. The van der Waals surface area contributed by atoms with E-state index in [1.54, 1.807) is 0 Å². The molecule has 1 aliphatic heterocycles. The van der Waals surface area contributed by atoms with Crippen LogP contribution < -0.4 is 14.8 Å². The third-order valence-electron chi connectivity index (χ3n) is 6.68. The average molecular weight is 459 g/mol. The number of ether oxygens (including phenoxy) is 2. The first-order chi connectivity index (χ1) is 15.5. The molecule has 10 heteroatoms. The van der Waals surface area contributed by atoms with Gasteiger partial charge in [0.15, 0.2) is 4.90 Å². The Balaban J connectivity index is 1.20. The number of anilines is 1. The van der Waals surface area contributed by atoms with E-state index in [-0.39, 0.29) is 29.6 Å². The van der Waals surface area contributed by atoms with Gasteiger partial charge in [0.2, 0.25) is 5.88 Å². The molecule has 1 unspecified atom stereocenters. The van der Waals surface area contributed by atoms with Crippen LogP contribution in [0.2, 0.25) is 0 Å². The van der Waals surface area contributed by atoms with Gasteiger partial charge >= 0.3 is 6.03 Å². The quantitative estimate of drug-likeness (QED) is 0.711. The van der Waals surface area contributed by atoms with E-state index < -0.39 is 16.1 Å². The van der Waals surface area contributed by atoms with Crippen LogP contribution in [-0.2, 0) is 47.0 Å². The number of amides is 2. The number of fused-ring (bicyclic) bond motifs is 3. The molecule has 32 heavy (non-hydrogen) atoms. The summed E-state index contributed by atoms with van der Waals surface area (Å²) in [4.78, 5) is 12.6. The fourth-order valence-electron chi connectivity index (χ4n) is 5.08. The third-order valence-corrected chi connectivity index (χ3v) is 7.99. The molecular formula is C22H26N4O5S. The number of benzene rings is 1. The van der Waals surface area contributed by atoms with Crippen LogP contribution in [0.5, 0.6) is 5.88 Å². The molecule has 1 aromatic carbocycles. The molecule has 1 aromatic heterocycles. The number of nitrogens with zero attached hydrogens (tertiary/aromatic N) is 2. The normalized spacial score (nSPS) is 21.4. The Hall–Kier alpha value is -2.59. The summed E-state index contributed by atoms with van der Waals surface area (Å²) in [6.07, 6.45) is 9.37. The Kier molecular flexibility index (Phi) is 4.69. The van der Waals surface area contributed by atoms with Gasteiger partial charge in [-0.15, -0.1) is 0 Å². The molecular weight excluding hydrogens is 432 g/mol.